The zero-order chi connectivity index (χ0) is 29.6. The smallest absolute Gasteiger partial charge is 0.232 e. The Balaban J connectivity index is 1.17. The zero-order valence-electron chi connectivity index (χ0n) is 25.0. The minimum Gasteiger partial charge on any atom is -0.381 e. The van der Waals surface area contributed by atoms with Gasteiger partial charge >= 0.3 is 0 Å². The normalized spacial score (nSPS) is 20.5. The Labute approximate surface area is 259 Å². The van der Waals surface area contributed by atoms with Crippen molar-refractivity contribution in [2.24, 2.45) is 5.92 Å². The van der Waals surface area contributed by atoms with Crippen LogP contribution in [-0.4, -0.2) is 74.1 Å². The average molecular weight is 604 g/mol. The standard InChI is InChI=1S/C33H42FN7OS/c1-25-6-5-15-41(23-25)30-22-29(40-18-16-39(17-19-40)28-7-3-2-4-8-28)36-31(37-30)38-32(43)35-24-33(13-20-42-21-14-33)26-9-11-27(34)12-10-26/h2-4,7-12,22,25H,5-6,13-21,23-24H2,1H3,(H2,35,36,37,38,43). The van der Waals surface area contributed by atoms with E-state index in [2.05, 4.69) is 68.7 Å². The van der Waals surface area contributed by atoms with Crippen LogP contribution in [0.15, 0.2) is 60.7 Å². The van der Waals surface area contributed by atoms with E-state index in [0.717, 1.165) is 75.7 Å². The molecule has 3 saturated heterocycles. The van der Waals surface area contributed by atoms with Gasteiger partial charge in [0.2, 0.25) is 5.95 Å². The number of rotatable bonds is 7. The number of nitrogens with zero attached hydrogens (tertiary/aromatic N) is 5. The molecular weight excluding hydrogens is 561 g/mol. The highest BCUT2D eigenvalue weighted by molar-refractivity contribution is 7.80. The summed E-state index contributed by atoms with van der Waals surface area (Å²) in [5, 5.41) is 7.23. The molecule has 8 nitrogen and oxygen atoms in total. The molecule has 0 amide bonds. The number of piperidine rings is 1. The Morgan fingerprint density at radius 2 is 1.60 bits per heavy atom. The Morgan fingerprint density at radius 1 is 0.930 bits per heavy atom. The summed E-state index contributed by atoms with van der Waals surface area (Å²) in [6, 6.07) is 19.6. The number of ether oxygens (including phenoxy) is 1. The molecule has 3 aliphatic heterocycles. The third kappa shape index (κ3) is 7.18. The van der Waals surface area contributed by atoms with Crippen molar-refractivity contribution >= 4 is 40.6 Å². The SMILES string of the molecule is CC1CCCN(c2cc(N3CCN(c4ccccc4)CC3)nc(NC(=S)NCC3(c4ccc(F)cc4)CCOCC3)n2)C1. The topological polar surface area (TPSA) is 68.8 Å². The number of hydrogen-bond donors (Lipinski definition) is 2. The lowest BCUT2D eigenvalue weighted by atomic mass is 9.74. The second-order valence-corrected chi connectivity index (χ2v) is 12.5. The van der Waals surface area contributed by atoms with Crippen molar-refractivity contribution in [3.63, 3.8) is 0 Å². The first-order valence-corrected chi connectivity index (χ1v) is 16.0. The number of piperazine rings is 1. The van der Waals surface area contributed by atoms with Crippen LogP contribution in [-0.2, 0) is 10.2 Å². The van der Waals surface area contributed by atoms with Crippen LogP contribution in [0.3, 0.4) is 0 Å². The first kappa shape index (κ1) is 29.6. The quantitative estimate of drug-likeness (QED) is 0.354. The molecule has 43 heavy (non-hydrogen) atoms. The van der Waals surface area contributed by atoms with Crippen LogP contribution in [0.25, 0.3) is 0 Å². The van der Waals surface area contributed by atoms with Crippen LogP contribution in [0.5, 0.6) is 0 Å². The van der Waals surface area contributed by atoms with Gasteiger partial charge in [0.25, 0.3) is 0 Å². The average Bonchev–Trinajstić information content (AvgIpc) is 3.05. The van der Waals surface area contributed by atoms with E-state index in [1.165, 1.54) is 24.2 Å². The molecule has 0 saturated carbocycles. The lowest BCUT2D eigenvalue weighted by molar-refractivity contribution is 0.0515. The predicted molar refractivity (Wildman–Crippen MR) is 176 cm³/mol. The van der Waals surface area contributed by atoms with Crippen LogP contribution in [0.1, 0.15) is 38.2 Å². The zero-order valence-corrected chi connectivity index (χ0v) is 25.8. The highest BCUT2D eigenvalue weighted by atomic mass is 32.1. The van der Waals surface area contributed by atoms with Gasteiger partial charge in [-0.05, 0) is 73.6 Å². The Kier molecular flexibility index (Phi) is 9.23. The minimum atomic E-state index is -0.228. The van der Waals surface area contributed by atoms with Gasteiger partial charge in [0.1, 0.15) is 17.5 Å². The van der Waals surface area contributed by atoms with Gasteiger partial charge in [0, 0.05) is 76.2 Å². The number of benzene rings is 2. The van der Waals surface area contributed by atoms with Crippen molar-refractivity contribution in [3.8, 4) is 0 Å². The molecule has 0 radical (unpaired) electrons. The molecule has 3 aromatic rings. The molecule has 0 spiro atoms. The van der Waals surface area contributed by atoms with E-state index < -0.39 is 0 Å². The molecule has 4 heterocycles. The van der Waals surface area contributed by atoms with Crippen LogP contribution in [0.4, 0.5) is 27.7 Å². The van der Waals surface area contributed by atoms with Crippen LogP contribution in [0.2, 0.25) is 0 Å². The van der Waals surface area contributed by atoms with Crippen molar-refractivity contribution in [1.29, 1.82) is 0 Å². The summed E-state index contributed by atoms with van der Waals surface area (Å²) in [7, 11) is 0. The molecule has 0 aliphatic carbocycles. The fourth-order valence-corrected chi connectivity index (χ4v) is 6.72. The maximum absolute atomic E-state index is 13.7. The fourth-order valence-electron chi connectivity index (χ4n) is 6.56. The minimum absolute atomic E-state index is 0.187. The van der Waals surface area contributed by atoms with E-state index in [9.17, 15) is 4.39 Å². The molecule has 0 bridgehead atoms. The van der Waals surface area contributed by atoms with Crippen molar-refractivity contribution in [2.45, 2.75) is 38.0 Å². The van der Waals surface area contributed by atoms with Crippen LogP contribution in [0, 0.1) is 11.7 Å². The van der Waals surface area contributed by atoms with Gasteiger partial charge in [0.05, 0.1) is 0 Å². The monoisotopic (exact) mass is 603 g/mol. The molecule has 1 unspecified atom stereocenters. The summed E-state index contributed by atoms with van der Waals surface area (Å²) in [4.78, 5) is 17.1. The largest absolute Gasteiger partial charge is 0.381 e. The lowest BCUT2D eigenvalue weighted by Crippen LogP contribution is -2.47. The molecule has 10 heteroatoms. The van der Waals surface area contributed by atoms with E-state index in [1.807, 2.05) is 12.1 Å². The van der Waals surface area contributed by atoms with Crippen molar-refractivity contribution < 1.29 is 9.13 Å². The first-order chi connectivity index (χ1) is 21.0. The first-order valence-electron chi connectivity index (χ1n) is 15.6. The van der Waals surface area contributed by atoms with Gasteiger partial charge in [-0.2, -0.15) is 9.97 Å². The van der Waals surface area contributed by atoms with E-state index >= 15 is 0 Å². The molecular formula is C33H42FN7OS. The summed E-state index contributed by atoms with van der Waals surface area (Å²) in [6.07, 6.45) is 4.09. The molecule has 2 aromatic carbocycles. The van der Waals surface area contributed by atoms with E-state index in [4.69, 9.17) is 26.9 Å². The number of nitrogens with one attached hydrogen (secondary N) is 2. The molecule has 2 N–H and O–H groups in total. The van der Waals surface area contributed by atoms with Crippen molar-refractivity contribution in [2.75, 3.05) is 79.0 Å². The molecule has 3 fully saturated rings. The van der Waals surface area contributed by atoms with Gasteiger partial charge in [-0.15, -0.1) is 0 Å². The van der Waals surface area contributed by atoms with Crippen molar-refractivity contribution in [3.05, 3.63) is 72.0 Å². The number of thiocarbonyl (C=S) groups is 1. The molecule has 228 valence electrons. The van der Waals surface area contributed by atoms with E-state index in [1.54, 1.807) is 0 Å². The predicted octanol–water partition coefficient (Wildman–Crippen LogP) is 5.21. The number of para-hydroxylation sites is 1. The summed E-state index contributed by atoms with van der Waals surface area (Å²) in [5.74, 6) is 2.78. The van der Waals surface area contributed by atoms with Gasteiger partial charge in [0.15, 0.2) is 5.11 Å². The third-order valence-corrected chi connectivity index (χ3v) is 9.37. The van der Waals surface area contributed by atoms with Gasteiger partial charge in [-0.3, -0.25) is 0 Å². The second-order valence-electron chi connectivity index (χ2n) is 12.1. The summed E-state index contributed by atoms with van der Waals surface area (Å²) < 4.78 is 19.4. The molecule has 3 aliphatic rings. The summed E-state index contributed by atoms with van der Waals surface area (Å²) >= 11 is 5.79. The Bertz CT molecular complexity index is 1360. The highest BCUT2D eigenvalue weighted by Gasteiger charge is 2.35. The van der Waals surface area contributed by atoms with Gasteiger partial charge in [-0.25, -0.2) is 4.39 Å². The number of hydrogen-bond acceptors (Lipinski definition) is 7. The van der Waals surface area contributed by atoms with E-state index in [0.29, 0.717) is 36.7 Å². The number of aromatic nitrogens is 2. The Hall–Kier alpha value is -3.50. The highest BCUT2D eigenvalue weighted by Crippen LogP contribution is 2.34. The van der Waals surface area contributed by atoms with Gasteiger partial charge in [-0.1, -0.05) is 37.3 Å². The third-order valence-electron chi connectivity index (χ3n) is 9.12. The maximum Gasteiger partial charge on any atom is 0.232 e. The number of halogens is 1. The van der Waals surface area contributed by atoms with Gasteiger partial charge < -0.3 is 30.1 Å². The van der Waals surface area contributed by atoms with Crippen molar-refractivity contribution in [1.82, 2.24) is 15.3 Å². The molecule has 6 rings (SSSR count). The second kappa shape index (κ2) is 13.4. The summed E-state index contributed by atoms with van der Waals surface area (Å²) in [5.41, 5.74) is 2.17. The Morgan fingerprint density at radius 3 is 2.30 bits per heavy atom. The van der Waals surface area contributed by atoms with Crippen LogP contribution >= 0.6 is 12.2 Å². The molecule has 1 atom stereocenters. The molecule has 1 aromatic heterocycles. The summed E-state index contributed by atoms with van der Waals surface area (Å²) in [6.45, 7) is 9.87. The fraction of sp³-hybridized carbons (Fsp3) is 0.485. The number of anilines is 4. The maximum atomic E-state index is 13.7. The lowest BCUT2D eigenvalue weighted by Gasteiger charge is -2.38. The van der Waals surface area contributed by atoms with E-state index in [-0.39, 0.29) is 11.2 Å². The van der Waals surface area contributed by atoms with Crippen LogP contribution < -0.4 is 25.3 Å².